The van der Waals surface area contributed by atoms with Gasteiger partial charge in [0.25, 0.3) is 0 Å². The molecule has 0 aromatic heterocycles. The highest BCUT2D eigenvalue weighted by molar-refractivity contribution is 5.78. The SMILES string of the molecule is O=C(NCC(O)COc1c(F)c(F)cc(F)c1F)[C@H]1CCCNC1. The molecule has 1 heterocycles. The third-order valence-electron chi connectivity index (χ3n) is 3.67. The van der Waals surface area contributed by atoms with E-state index in [1.807, 2.05) is 0 Å². The minimum absolute atomic E-state index is 0.0619. The van der Waals surface area contributed by atoms with Crippen LogP contribution in [0.3, 0.4) is 0 Å². The zero-order valence-electron chi connectivity index (χ0n) is 12.8. The van der Waals surface area contributed by atoms with Crippen molar-refractivity contribution in [1.29, 1.82) is 0 Å². The van der Waals surface area contributed by atoms with E-state index < -0.39 is 41.7 Å². The number of piperidine rings is 1. The Labute approximate surface area is 136 Å². The molecule has 1 aromatic carbocycles. The summed E-state index contributed by atoms with van der Waals surface area (Å²) in [5.74, 6) is -8.27. The second-order valence-corrected chi connectivity index (χ2v) is 5.55. The summed E-state index contributed by atoms with van der Waals surface area (Å²) in [4.78, 5) is 11.9. The first kappa shape index (κ1) is 18.5. The lowest BCUT2D eigenvalue weighted by atomic mass is 9.99. The van der Waals surface area contributed by atoms with Crippen LogP contribution in [0.5, 0.6) is 5.75 Å². The number of aliphatic hydroxyl groups excluding tert-OH is 1. The lowest BCUT2D eigenvalue weighted by Crippen LogP contribution is -2.43. The van der Waals surface area contributed by atoms with Crippen molar-refractivity contribution in [1.82, 2.24) is 10.6 Å². The number of halogens is 4. The Morgan fingerprint density at radius 1 is 1.33 bits per heavy atom. The number of nitrogens with one attached hydrogen (secondary N) is 2. The van der Waals surface area contributed by atoms with Crippen LogP contribution in [0.2, 0.25) is 0 Å². The van der Waals surface area contributed by atoms with Crippen molar-refractivity contribution in [3.8, 4) is 5.75 Å². The lowest BCUT2D eigenvalue weighted by Gasteiger charge is -2.22. The maximum absolute atomic E-state index is 13.4. The fourth-order valence-corrected chi connectivity index (χ4v) is 2.35. The average Bonchev–Trinajstić information content (AvgIpc) is 2.58. The molecule has 1 aromatic rings. The summed E-state index contributed by atoms with van der Waals surface area (Å²) >= 11 is 0. The fourth-order valence-electron chi connectivity index (χ4n) is 2.35. The lowest BCUT2D eigenvalue weighted by molar-refractivity contribution is -0.126. The first-order valence-electron chi connectivity index (χ1n) is 7.52. The predicted molar refractivity (Wildman–Crippen MR) is 76.4 cm³/mol. The smallest absolute Gasteiger partial charge is 0.224 e. The maximum Gasteiger partial charge on any atom is 0.224 e. The first-order chi connectivity index (χ1) is 11.4. The van der Waals surface area contributed by atoms with Crippen LogP contribution in [0, 0.1) is 29.2 Å². The molecule has 2 atom stereocenters. The molecule has 1 aliphatic rings. The van der Waals surface area contributed by atoms with Crippen molar-refractivity contribution in [2.45, 2.75) is 18.9 Å². The average molecular weight is 350 g/mol. The largest absolute Gasteiger partial charge is 0.485 e. The van der Waals surface area contributed by atoms with Crippen LogP contribution < -0.4 is 15.4 Å². The van der Waals surface area contributed by atoms with Crippen molar-refractivity contribution in [3.63, 3.8) is 0 Å². The summed E-state index contributed by atoms with van der Waals surface area (Å²) in [5.41, 5.74) is 0. The molecule has 1 unspecified atom stereocenters. The highest BCUT2D eigenvalue weighted by Crippen LogP contribution is 2.26. The van der Waals surface area contributed by atoms with E-state index in [0.29, 0.717) is 6.54 Å². The van der Waals surface area contributed by atoms with Gasteiger partial charge in [0, 0.05) is 19.2 Å². The van der Waals surface area contributed by atoms with E-state index >= 15 is 0 Å². The molecule has 0 bridgehead atoms. The molecular formula is C15H18F4N2O3. The van der Waals surface area contributed by atoms with Gasteiger partial charge in [-0.25, -0.2) is 8.78 Å². The number of hydrogen-bond acceptors (Lipinski definition) is 4. The highest BCUT2D eigenvalue weighted by Gasteiger charge is 2.23. The summed E-state index contributed by atoms with van der Waals surface area (Å²) in [7, 11) is 0. The number of rotatable bonds is 6. The third-order valence-corrected chi connectivity index (χ3v) is 3.67. The number of ether oxygens (including phenoxy) is 1. The highest BCUT2D eigenvalue weighted by atomic mass is 19.2. The summed E-state index contributed by atoms with van der Waals surface area (Å²) in [6.07, 6.45) is 0.299. The van der Waals surface area contributed by atoms with Gasteiger partial charge in [-0.2, -0.15) is 8.78 Å². The fraction of sp³-hybridized carbons (Fsp3) is 0.533. The molecule has 1 fully saturated rings. The Hall–Kier alpha value is -1.87. The van der Waals surface area contributed by atoms with Crippen LogP contribution in [0.1, 0.15) is 12.8 Å². The van der Waals surface area contributed by atoms with Gasteiger partial charge < -0.3 is 20.5 Å². The Kier molecular flexibility index (Phi) is 6.38. The van der Waals surface area contributed by atoms with E-state index in [1.165, 1.54) is 0 Å². The predicted octanol–water partition coefficient (Wildman–Crippen LogP) is 1.10. The molecule has 9 heteroatoms. The monoisotopic (exact) mass is 350 g/mol. The second kappa shape index (κ2) is 8.29. The second-order valence-electron chi connectivity index (χ2n) is 5.55. The van der Waals surface area contributed by atoms with Crippen LogP contribution in [-0.2, 0) is 4.79 Å². The molecule has 1 amide bonds. The molecule has 134 valence electrons. The number of aliphatic hydroxyl groups is 1. The molecule has 0 saturated carbocycles. The van der Waals surface area contributed by atoms with E-state index in [1.54, 1.807) is 0 Å². The minimum atomic E-state index is -1.68. The number of hydrogen-bond donors (Lipinski definition) is 3. The summed E-state index contributed by atoms with van der Waals surface area (Å²) in [6, 6.07) is 0.0619. The number of amides is 1. The van der Waals surface area contributed by atoms with Gasteiger partial charge in [0.2, 0.25) is 17.5 Å². The topological polar surface area (TPSA) is 70.6 Å². The molecule has 1 aliphatic heterocycles. The Morgan fingerprint density at radius 2 is 2.00 bits per heavy atom. The Morgan fingerprint density at radius 3 is 2.58 bits per heavy atom. The van der Waals surface area contributed by atoms with Crippen LogP contribution in [0.25, 0.3) is 0 Å². The number of carbonyl (C=O) groups excluding carboxylic acids is 1. The van der Waals surface area contributed by atoms with Crippen LogP contribution in [0.15, 0.2) is 6.07 Å². The van der Waals surface area contributed by atoms with Gasteiger partial charge in [-0.05, 0) is 19.4 Å². The van der Waals surface area contributed by atoms with Crippen molar-refractivity contribution in [3.05, 3.63) is 29.3 Å². The zero-order valence-corrected chi connectivity index (χ0v) is 12.8. The summed E-state index contributed by atoms with van der Waals surface area (Å²) in [6.45, 7) is 0.537. The van der Waals surface area contributed by atoms with Crippen LogP contribution in [-0.4, -0.2) is 43.4 Å². The number of benzene rings is 1. The summed E-state index contributed by atoms with van der Waals surface area (Å²) < 4.78 is 57.4. The van der Waals surface area contributed by atoms with E-state index in [-0.39, 0.29) is 24.4 Å². The molecule has 0 radical (unpaired) electrons. The van der Waals surface area contributed by atoms with Gasteiger partial charge >= 0.3 is 0 Å². The van der Waals surface area contributed by atoms with Crippen LogP contribution in [0.4, 0.5) is 17.6 Å². The van der Waals surface area contributed by atoms with Gasteiger partial charge in [-0.3, -0.25) is 4.79 Å². The normalized spacial score (nSPS) is 19.0. The standard InChI is InChI=1S/C15H18F4N2O3/c16-10-4-11(17)13(19)14(12(10)18)24-7-9(22)6-21-15(23)8-2-1-3-20-5-8/h4,8-9,20,22H,1-3,5-7H2,(H,21,23)/t8-,9?/m0/s1. The quantitative estimate of drug-likeness (QED) is 0.531. The van der Waals surface area contributed by atoms with E-state index in [9.17, 15) is 27.5 Å². The third kappa shape index (κ3) is 4.57. The summed E-state index contributed by atoms with van der Waals surface area (Å²) in [5, 5.41) is 15.3. The van der Waals surface area contributed by atoms with Gasteiger partial charge in [0.05, 0.1) is 5.92 Å². The Balaban J connectivity index is 1.83. The van der Waals surface area contributed by atoms with Crippen molar-refractivity contribution >= 4 is 5.91 Å². The molecule has 1 saturated heterocycles. The Bertz CT molecular complexity index is 568. The first-order valence-corrected chi connectivity index (χ1v) is 7.52. The maximum atomic E-state index is 13.4. The van der Waals surface area contributed by atoms with Gasteiger partial charge in [-0.1, -0.05) is 0 Å². The van der Waals surface area contributed by atoms with E-state index in [0.717, 1.165) is 19.4 Å². The minimum Gasteiger partial charge on any atom is -0.485 e. The molecule has 2 rings (SSSR count). The van der Waals surface area contributed by atoms with Gasteiger partial charge in [0.1, 0.15) is 12.7 Å². The molecule has 0 aliphatic carbocycles. The molecule has 24 heavy (non-hydrogen) atoms. The van der Waals surface area contributed by atoms with Crippen molar-refractivity contribution < 1.29 is 32.2 Å². The van der Waals surface area contributed by atoms with E-state index in [4.69, 9.17) is 0 Å². The molecule has 5 nitrogen and oxygen atoms in total. The van der Waals surface area contributed by atoms with Crippen molar-refractivity contribution in [2.75, 3.05) is 26.2 Å². The van der Waals surface area contributed by atoms with E-state index in [2.05, 4.69) is 15.4 Å². The van der Waals surface area contributed by atoms with Crippen molar-refractivity contribution in [2.24, 2.45) is 5.92 Å². The zero-order chi connectivity index (χ0) is 17.7. The molecule has 0 spiro atoms. The van der Waals surface area contributed by atoms with Gasteiger partial charge in [-0.15, -0.1) is 0 Å². The molecule has 3 N–H and O–H groups in total. The van der Waals surface area contributed by atoms with Gasteiger partial charge in [0.15, 0.2) is 17.4 Å². The molecular weight excluding hydrogens is 332 g/mol. The van der Waals surface area contributed by atoms with Crippen LogP contribution >= 0.6 is 0 Å². The number of carbonyl (C=O) groups is 1.